The third-order valence-electron chi connectivity index (χ3n) is 5.57. The Kier molecular flexibility index (Phi) is 1.97. The molecule has 3 aliphatic carbocycles. The van der Waals surface area contributed by atoms with Gasteiger partial charge in [-0.15, -0.1) is 0 Å². The van der Waals surface area contributed by atoms with Crippen LogP contribution in [0.25, 0.3) is 0 Å². The van der Waals surface area contributed by atoms with Crippen molar-refractivity contribution in [1.82, 2.24) is 5.43 Å². The van der Waals surface area contributed by atoms with E-state index in [2.05, 4.69) is 26.2 Å². The van der Waals surface area contributed by atoms with Crippen LogP contribution in [0.1, 0.15) is 59.3 Å². The van der Waals surface area contributed by atoms with E-state index < -0.39 is 0 Å². The van der Waals surface area contributed by atoms with Crippen molar-refractivity contribution >= 4 is 5.71 Å². The highest BCUT2D eigenvalue weighted by atomic mass is 15.4. The molecule has 1 saturated carbocycles. The molecular formula is C16H24N2. The Labute approximate surface area is 110 Å². The molecule has 1 aliphatic heterocycles. The third-order valence-corrected chi connectivity index (χ3v) is 5.57. The Morgan fingerprint density at radius 2 is 2.00 bits per heavy atom. The van der Waals surface area contributed by atoms with Gasteiger partial charge in [-0.1, -0.05) is 26.3 Å². The lowest BCUT2D eigenvalue weighted by atomic mass is 9.53. The Morgan fingerprint density at radius 3 is 2.83 bits per heavy atom. The fourth-order valence-electron chi connectivity index (χ4n) is 5.64. The van der Waals surface area contributed by atoms with Gasteiger partial charge in [-0.05, 0) is 55.8 Å². The van der Waals surface area contributed by atoms with E-state index in [1.165, 1.54) is 44.2 Å². The van der Waals surface area contributed by atoms with E-state index in [0.717, 1.165) is 11.8 Å². The third kappa shape index (κ3) is 1.32. The zero-order valence-electron chi connectivity index (χ0n) is 11.8. The van der Waals surface area contributed by atoms with Crippen molar-refractivity contribution in [2.75, 3.05) is 0 Å². The fourth-order valence-corrected chi connectivity index (χ4v) is 5.64. The second-order valence-electron chi connectivity index (χ2n) is 7.92. The molecule has 18 heavy (non-hydrogen) atoms. The van der Waals surface area contributed by atoms with Crippen LogP contribution in [0.2, 0.25) is 0 Å². The molecule has 0 aromatic heterocycles. The molecule has 2 bridgehead atoms. The summed E-state index contributed by atoms with van der Waals surface area (Å²) in [7, 11) is 0. The van der Waals surface area contributed by atoms with Crippen molar-refractivity contribution < 1.29 is 0 Å². The number of allylic oxidation sites excluding steroid dienone is 1. The topological polar surface area (TPSA) is 24.4 Å². The van der Waals surface area contributed by atoms with Crippen LogP contribution in [0.5, 0.6) is 0 Å². The van der Waals surface area contributed by atoms with Crippen LogP contribution in [0.15, 0.2) is 16.2 Å². The smallest absolute Gasteiger partial charge is 0.0822 e. The van der Waals surface area contributed by atoms with Crippen LogP contribution in [-0.2, 0) is 0 Å². The van der Waals surface area contributed by atoms with Gasteiger partial charge >= 0.3 is 0 Å². The van der Waals surface area contributed by atoms with E-state index in [1.807, 2.05) is 0 Å². The first kappa shape index (κ1) is 11.1. The maximum Gasteiger partial charge on any atom is 0.0822 e. The van der Waals surface area contributed by atoms with Crippen molar-refractivity contribution in [2.45, 2.75) is 64.8 Å². The summed E-state index contributed by atoms with van der Waals surface area (Å²) in [5.41, 5.74) is 9.14. The van der Waals surface area contributed by atoms with Gasteiger partial charge in [0.2, 0.25) is 0 Å². The first-order valence-corrected chi connectivity index (χ1v) is 7.56. The molecule has 0 aromatic carbocycles. The standard InChI is InChI=1S/C16H24N2/c1-10-4-12-8-15(3)6-11(2)7-16(9-15)14(12)13(5-10)17-18-16/h10-11,18H,4-9H2,1-3H3. The maximum absolute atomic E-state index is 4.74. The zero-order valence-corrected chi connectivity index (χ0v) is 11.8. The summed E-state index contributed by atoms with van der Waals surface area (Å²) in [6.45, 7) is 7.32. The van der Waals surface area contributed by atoms with E-state index >= 15 is 0 Å². The minimum absolute atomic E-state index is 0.232. The second-order valence-corrected chi connectivity index (χ2v) is 7.92. The van der Waals surface area contributed by atoms with Gasteiger partial charge in [0.1, 0.15) is 0 Å². The van der Waals surface area contributed by atoms with Crippen molar-refractivity contribution in [2.24, 2.45) is 22.4 Å². The number of hydrogen-bond donors (Lipinski definition) is 1. The van der Waals surface area contributed by atoms with Crippen LogP contribution in [0.3, 0.4) is 0 Å². The molecule has 4 atom stereocenters. The van der Waals surface area contributed by atoms with Crippen molar-refractivity contribution in [1.29, 1.82) is 0 Å². The van der Waals surface area contributed by atoms with Crippen LogP contribution >= 0.6 is 0 Å². The lowest BCUT2D eigenvalue weighted by Crippen LogP contribution is -2.54. The van der Waals surface area contributed by atoms with E-state index in [9.17, 15) is 0 Å². The normalized spacial score (nSPS) is 49.6. The molecule has 4 unspecified atom stereocenters. The van der Waals surface area contributed by atoms with Crippen LogP contribution in [0.4, 0.5) is 0 Å². The highest BCUT2D eigenvalue weighted by Gasteiger charge is 2.55. The maximum atomic E-state index is 4.74. The van der Waals surface area contributed by atoms with Crippen molar-refractivity contribution in [3.05, 3.63) is 11.1 Å². The summed E-state index contributed by atoms with van der Waals surface area (Å²) in [6.07, 6.45) is 7.85. The van der Waals surface area contributed by atoms with Crippen LogP contribution in [-0.4, -0.2) is 11.3 Å². The van der Waals surface area contributed by atoms with Gasteiger partial charge in [-0.3, -0.25) is 5.43 Å². The van der Waals surface area contributed by atoms with Crippen LogP contribution in [0, 0.1) is 17.3 Å². The summed E-state index contributed by atoms with van der Waals surface area (Å²) in [5.74, 6) is 1.62. The van der Waals surface area contributed by atoms with Crippen molar-refractivity contribution in [3.8, 4) is 0 Å². The molecule has 0 amide bonds. The predicted octanol–water partition coefficient (Wildman–Crippen LogP) is 3.64. The molecule has 0 saturated heterocycles. The summed E-state index contributed by atoms with van der Waals surface area (Å²) < 4.78 is 0. The largest absolute Gasteiger partial charge is 0.299 e. The van der Waals surface area contributed by atoms with E-state index in [0.29, 0.717) is 5.41 Å². The molecule has 1 spiro atoms. The first-order valence-electron chi connectivity index (χ1n) is 7.56. The molecule has 1 heterocycles. The summed E-state index contributed by atoms with van der Waals surface area (Å²) in [5, 5.41) is 4.74. The highest BCUT2D eigenvalue weighted by molar-refractivity contribution is 6.05. The summed E-state index contributed by atoms with van der Waals surface area (Å²) >= 11 is 0. The Balaban J connectivity index is 1.87. The second kappa shape index (κ2) is 3.20. The number of fused-ring (bicyclic) bond motifs is 1. The van der Waals surface area contributed by atoms with Gasteiger partial charge in [-0.2, -0.15) is 5.10 Å². The monoisotopic (exact) mass is 244 g/mol. The lowest BCUT2D eigenvalue weighted by Gasteiger charge is -2.53. The lowest BCUT2D eigenvalue weighted by molar-refractivity contribution is 0.0800. The average molecular weight is 244 g/mol. The molecule has 2 heteroatoms. The Hall–Kier alpha value is -0.790. The van der Waals surface area contributed by atoms with Crippen molar-refractivity contribution in [3.63, 3.8) is 0 Å². The quantitative estimate of drug-likeness (QED) is 0.691. The highest BCUT2D eigenvalue weighted by Crippen LogP contribution is 2.58. The molecule has 4 aliphatic rings. The van der Waals surface area contributed by atoms with Gasteiger partial charge in [-0.25, -0.2) is 0 Å². The van der Waals surface area contributed by atoms with E-state index in [-0.39, 0.29) is 5.54 Å². The summed E-state index contributed by atoms with van der Waals surface area (Å²) in [4.78, 5) is 0. The first-order chi connectivity index (χ1) is 8.50. The van der Waals surface area contributed by atoms with E-state index in [4.69, 9.17) is 5.10 Å². The number of hydrogen-bond acceptors (Lipinski definition) is 2. The molecule has 0 radical (unpaired) electrons. The number of nitrogens with one attached hydrogen (secondary N) is 1. The minimum Gasteiger partial charge on any atom is -0.299 e. The van der Waals surface area contributed by atoms with Gasteiger partial charge in [0.15, 0.2) is 0 Å². The number of nitrogens with zero attached hydrogens (tertiary/aromatic N) is 1. The van der Waals surface area contributed by atoms with E-state index in [1.54, 1.807) is 11.1 Å². The van der Waals surface area contributed by atoms with Gasteiger partial charge in [0.05, 0.1) is 11.3 Å². The molecule has 2 nitrogen and oxygen atoms in total. The number of rotatable bonds is 0. The average Bonchev–Trinajstić information content (AvgIpc) is 2.53. The molecule has 4 rings (SSSR count). The zero-order chi connectivity index (χ0) is 12.5. The SMILES string of the molecule is CC1CC2=NNC34CC(C)CC(C)(CC(=C23)C1)C4. The minimum atomic E-state index is 0.232. The Morgan fingerprint density at radius 1 is 1.17 bits per heavy atom. The molecule has 0 aromatic rings. The van der Waals surface area contributed by atoms with Crippen LogP contribution < -0.4 is 5.43 Å². The van der Waals surface area contributed by atoms with Gasteiger partial charge < -0.3 is 0 Å². The van der Waals surface area contributed by atoms with Gasteiger partial charge in [0, 0.05) is 5.57 Å². The predicted molar refractivity (Wildman–Crippen MR) is 74.5 cm³/mol. The number of hydrazone groups is 1. The van der Waals surface area contributed by atoms with Gasteiger partial charge in [0.25, 0.3) is 0 Å². The molecular weight excluding hydrogens is 220 g/mol. The molecule has 1 N–H and O–H groups in total. The Bertz CT molecular complexity index is 475. The fraction of sp³-hybridized carbons (Fsp3) is 0.812. The molecule has 1 fully saturated rings. The summed E-state index contributed by atoms with van der Waals surface area (Å²) in [6, 6.07) is 0. The molecule has 98 valence electrons.